The molecule has 0 amide bonds. The van der Waals surface area contributed by atoms with Gasteiger partial charge in [-0.3, -0.25) is 0 Å². The van der Waals surface area contributed by atoms with Crippen LogP contribution in [0.3, 0.4) is 0 Å². The molecular weight excluding hydrogens is 204 g/mol. The fourth-order valence-corrected chi connectivity index (χ4v) is 2.26. The zero-order valence-electron chi connectivity index (χ0n) is 10.4. The van der Waals surface area contributed by atoms with Gasteiger partial charge in [0.25, 0.3) is 0 Å². The molecule has 0 radical (unpaired) electrons. The van der Waals surface area contributed by atoms with Crippen molar-refractivity contribution in [1.29, 1.82) is 0 Å². The van der Waals surface area contributed by atoms with Gasteiger partial charge in [0.05, 0.1) is 0 Å². The average molecular weight is 222 g/mol. The largest absolute Gasteiger partial charge is 0.0985 e. The molecule has 1 aromatic rings. The summed E-state index contributed by atoms with van der Waals surface area (Å²) < 4.78 is 0. The van der Waals surface area contributed by atoms with E-state index in [-0.39, 0.29) is 0 Å². The minimum absolute atomic E-state index is 1.04. The van der Waals surface area contributed by atoms with E-state index in [1.54, 1.807) is 0 Å². The number of hydrogen-bond acceptors (Lipinski definition) is 0. The van der Waals surface area contributed by atoms with Crippen LogP contribution in [0.1, 0.15) is 24.5 Å². The van der Waals surface area contributed by atoms with E-state index in [4.69, 9.17) is 0 Å². The number of fused-ring (bicyclic) bond motifs is 1. The van der Waals surface area contributed by atoms with Crippen molar-refractivity contribution in [3.05, 3.63) is 77.4 Å². The Morgan fingerprint density at radius 1 is 1.18 bits per heavy atom. The zero-order valence-corrected chi connectivity index (χ0v) is 10.4. The van der Waals surface area contributed by atoms with Crippen molar-refractivity contribution in [1.82, 2.24) is 0 Å². The molecule has 0 nitrogen and oxygen atoms in total. The molecule has 0 aliphatic heterocycles. The Balaban J connectivity index is 2.48. The minimum atomic E-state index is 1.04. The lowest BCUT2D eigenvalue weighted by Crippen LogP contribution is -1.98. The molecule has 1 aliphatic rings. The van der Waals surface area contributed by atoms with Crippen LogP contribution in [0.15, 0.2) is 66.3 Å². The Hall–Kier alpha value is -1.82. The van der Waals surface area contributed by atoms with E-state index in [1.165, 1.54) is 22.3 Å². The third-order valence-corrected chi connectivity index (χ3v) is 3.23. The molecule has 0 heterocycles. The monoisotopic (exact) mass is 222 g/mol. The Morgan fingerprint density at radius 3 is 2.65 bits per heavy atom. The van der Waals surface area contributed by atoms with Gasteiger partial charge in [0.1, 0.15) is 0 Å². The molecule has 0 N–H and O–H groups in total. The number of aryl methyl sites for hydroxylation is 1. The Labute approximate surface area is 104 Å². The van der Waals surface area contributed by atoms with Crippen molar-refractivity contribution >= 4 is 6.08 Å². The highest BCUT2D eigenvalue weighted by molar-refractivity contribution is 5.61. The summed E-state index contributed by atoms with van der Waals surface area (Å²) in [7, 11) is 0. The van der Waals surface area contributed by atoms with Crippen molar-refractivity contribution in [3.63, 3.8) is 0 Å². The second kappa shape index (κ2) is 5.01. The summed E-state index contributed by atoms with van der Waals surface area (Å²) in [6.45, 7) is 10.0. The second-order valence-electron chi connectivity index (χ2n) is 4.45. The molecule has 0 fully saturated rings. The van der Waals surface area contributed by atoms with E-state index < -0.39 is 0 Å². The van der Waals surface area contributed by atoms with Crippen LogP contribution < -0.4 is 0 Å². The van der Waals surface area contributed by atoms with E-state index in [0.29, 0.717) is 0 Å². The minimum Gasteiger partial charge on any atom is -0.0985 e. The third-order valence-electron chi connectivity index (χ3n) is 3.23. The van der Waals surface area contributed by atoms with Gasteiger partial charge in [-0.15, -0.1) is 0 Å². The van der Waals surface area contributed by atoms with Gasteiger partial charge in [-0.25, -0.2) is 0 Å². The number of allylic oxidation sites excluding steroid dienone is 5. The van der Waals surface area contributed by atoms with Crippen LogP contribution in [0.5, 0.6) is 0 Å². The first-order valence-electron chi connectivity index (χ1n) is 6.00. The van der Waals surface area contributed by atoms with Crippen molar-refractivity contribution < 1.29 is 0 Å². The van der Waals surface area contributed by atoms with Crippen molar-refractivity contribution in [2.24, 2.45) is 0 Å². The van der Waals surface area contributed by atoms with E-state index >= 15 is 0 Å². The maximum atomic E-state index is 4.07. The molecule has 17 heavy (non-hydrogen) atoms. The quantitative estimate of drug-likeness (QED) is 0.680. The van der Waals surface area contributed by atoms with Crippen LogP contribution in [-0.2, 0) is 6.42 Å². The van der Waals surface area contributed by atoms with Crippen LogP contribution in [-0.4, -0.2) is 0 Å². The SMILES string of the molecule is C=CC1=C(\C(=C)C)CCc2ccccc2/C=C\1. The molecule has 0 saturated heterocycles. The van der Waals surface area contributed by atoms with E-state index in [1.807, 2.05) is 6.08 Å². The highest BCUT2D eigenvalue weighted by Crippen LogP contribution is 2.26. The molecule has 0 spiro atoms. The van der Waals surface area contributed by atoms with Gasteiger partial charge in [-0.1, -0.05) is 61.2 Å². The standard InChI is InChI=1S/C17H18/c1-4-14-9-10-15-7-5-6-8-16(15)11-12-17(14)13(2)3/h4-10H,1-2,11-12H2,3H3/b10-9-,17-14+. The van der Waals surface area contributed by atoms with Gasteiger partial charge >= 0.3 is 0 Å². The molecule has 0 aromatic heterocycles. The molecule has 0 heteroatoms. The first-order chi connectivity index (χ1) is 8.22. The predicted molar refractivity (Wildman–Crippen MR) is 75.8 cm³/mol. The lowest BCUT2D eigenvalue weighted by molar-refractivity contribution is 0.937. The Kier molecular flexibility index (Phi) is 3.43. The van der Waals surface area contributed by atoms with Gasteiger partial charge in [-0.2, -0.15) is 0 Å². The summed E-state index contributed by atoms with van der Waals surface area (Å²) in [5, 5.41) is 0. The van der Waals surface area contributed by atoms with Crippen LogP contribution >= 0.6 is 0 Å². The average Bonchev–Trinajstić information content (AvgIpc) is 2.30. The van der Waals surface area contributed by atoms with Crippen molar-refractivity contribution in [3.8, 4) is 0 Å². The fourth-order valence-electron chi connectivity index (χ4n) is 2.26. The molecule has 0 unspecified atom stereocenters. The lowest BCUT2D eigenvalue weighted by atomic mass is 9.90. The highest BCUT2D eigenvalue weighted by atomic mass is 14.1. The number of rotatable bonds is 2. The lowest BCUT2D eigenvalue weighted by Gasteiger charge is -2.15. The molecule has 1 aromatic carbocycles. The summed E-state index contributed by atoms with van der Waals surface area (Å²) in [5.41, 5.74) is 6.39. The molecule has 0 saturated carbocycles. The molecule has 0 bridgehead atoms. The smallest absolute Gasteiger partial charge is 0.0224 e. The predicted octanol–water partition coefficient (Wildman–Crippen LogP) is 4.70. The Morgan fingerprint density at radius 2 is 1.94 bits per heavy atom. The van der Waals surface area contributed by atoms with Gasteiger partial charge in [0.2, 0.25) is 0 Å². The first-order valence-corrected chi connectivity index (χ1v) is 6.00. The number of hydrogen-bond donors (Lipinski definition) is 0. The van der Waals surface area contributed by atoms with Crippen LogP contribution in [0.2, 0.25) is 0 Å². The van der Waals surface area contributed by atoms with Gasteiger partial charge in [0, 0.05) is 0 Å². The van der Waals surface area contributed by atoms with Crippen molar-refractivity contribution in [2.45, 2.75) is 19.8 Å². The maximum absolute atomic E-state index is 4.07. The van der Waals surface area contributed by atoms with E-state index in [9.17, 15) is 0 Å². The van der Waals surface area contributed by atoms with Crippen molar-refractivity contribution in [2.75, 3.05) is 0 Å². The molecule has 86 valence electrons. The van der Waals surface area contributed by atoms with Crippen LogP contribution in [0, 0.1) is 0 Å². The van der Waals surface area contributed by atoms with Gasteiger partial charge in [0.15, 0.2) is 0 Å². The maximum Gasteiger partial charge on any atom is -0.0224 e. The second-order valence-corrected chi connectivity index (χ2v) is 4.45. The normalized spacial score (nSPS) is 21.0. The Bertz CT molecular complexity index is 513. The highest BCUT2D eigenvalue weighted by Gasteiger charge is 2.08. The van der Waals surface area contributed by atoms with Gasteiger partial charge < -0.3 is 0 Å². The number of benzene rings is 1. The third kappa shape index (κ3) is 2.47. The van der Waals surface area contributed by atoms with Gasteiger partial charge in [-0.05, 0) is 42.0 Å². The van der Waals surface area contributed by atoms with E-state index in [0.717, 1.165) is 18.4 Å². The zero-order chi connectivity index (χ0) is 12.3. The summed E-state index contributed by atoms with van der Waals surface area (Å²) in [4.78, 5) is 0. The molecule has 2 rings (SSSR count). The summed E-state index contributed by atoms with van der Waals surface area (Å²) in [5.74, 6) is 0. The summed E-state index contributed by atoms with van der Waals surface area (Å²) >= 11 is 0. The van der Waals surface area contributed by atoms with Crippen LogP contribution in [0.25, 0.3) is 6.08 Å². The fraction of sp³-hybridized carbons (Fsp3) is 0.176. The molecular formula is C17H18. The first kappa shape index (κ1) is 11.7. The topological polar surface area (TPSA) is 0 Å². The molecule has 1 aliphatic carbocycles. The summed E-state index contributed by atoms with van der Waals surface area (Å²) in [6, 6.07) is 8.56. The van der Waals surface area contributed by atoms with E-state index in [2.05, 4.69) is 56.5 Å². The summed E-state index contributed by atoms with van der Waals surface area (Å²) in [6.07, 6.45) is 8.36. The van der Waals surface area contributed by atoms with Crippen LogP contribution in [0.4, 0.5) is 0 Å². The molecule has 0 atom stereocenters.